The van der Waals surface area contributed by atoms with Crippen LogP contribution in [0.5, 0.6) is 0 Å². The fourth-order valence-corrected chi connectivity index (χ4v) is 1.12. The topological polar surface area (TPSA) is 61.7 Å². The molecule has 0 aliphatic rings. The predicted octanol–water partition coefficient (Wildman–Crippen LogP) is 1.83. The lowest BCUT2D eigenvalue weighted by molar-refractivity contribution is -0.121. The molecule has 4 nitrogen and oxygen atoms in total. The van der Waals surface area contributed by atoms with Crippen LogP contribution in [0.4, 0.5) is 0 Å². The standard InChI is InChI=1S/C11H22N2O2/c1-2-3-5-8-11(15)13-12-9-6-4-7-10-14/h9,14H,2-8,10H2,1H3,(H,13,15)/b12-9-. The van der Waals surface area contributed by atoms with Crippen molar-refractivity contribution in [1.29, 1.82) is 0 Å². The molecule has 0 fully saturated rings. The zero-order valence-electron chi connectivity index (χ0n) is 9.54. The smallest absolute Gasteiger partial charge is 0.240 e. The molecule has 0 aromatic carbocycles. The number of nitrogens with one attached hydrogen (secondary N) is 1. The minimum atomic E-state index is -0.0122. The lowest BCUT2D eigenvalue weighted by Crippen LogP contribution is -2.16. The Morgan fingerprint density at radius 3 is 2.80 bits per heavy atom. The minimum Gasteiger partial charge on any atom is -0.396 e. The van der Waals surface area contributed by atoms with Crippen LogP contribution in [-0.2, 0) is 4.79 Å². The van der Waals surface area contributed by atoms with Gasteiger partial charge < -0.3 is 5.11 Å². The molecule has 4 heteroatoms. The van der Waals surface area contributed by atoms with Crippen molar-refractivity contribution in [3.05, 3.63) is 0 Å². The molecule has 0 aliphatic carbocycles. The van der Waals surface area contributed by atoms with Gasteiger partial charge in [0, 0.05) is 19.2 Å². The van der Waals surface area contributed by atoms with Gasteiger partial charge in [-0.1, -0.05) is 19.8 Å². The largest absolute Gasteiger partial charge is 0.396 e. The van der Waals surface area contributed by atoms with E-state index in [0.717, 1.165) is 38.5 Å². The molecule has 0 aliphatic heterocycles. The van der Waals surface area contributed by atoms with Crippen molar-refractivity contribution in [1.82, 2.24) is 5.43 Å². The third-order valence-corrected chi connectivity index (χ3v) is 2.03. The molecule has 0 saturated heterocycles. The molecular weight excluding hydrogens is 192 g/mol. The van der Waals surface area contributed by atoms with E-state index in [1.54, 1.807) is 6.21 Å². The van der Waals surface area contributed by atoms with Crippen LogP contribution in [0.3, 0.4) is 0 Å². The maximum Gasteiger partial charge on any atom is 0.240 e. The van der Waals surface area contributed by atoms with E-state index in [0.29, 0.717) is 6.42 Å². The Kier molecular flexibility index (Phi) is 10.5. The Labute approximate surface area is 91.8 Å². The van der Waals surface area contributed by atoms with Crippen LogP contribution in [0.2, 0.25) is 0 Å². The number of carbonyl (C=O) groups excluding carboxylic acids is 1. The molecule has 0 bridgehead atoms. The van der Waals surface area contributed by atoms with Gasteiger partial charge in [0.05, 0.1) is 0 Å². The van der Waals surface area contributed by atoms with Gasteiger partial charge in [-0.2, -0.15) is 5.10 Å². The van der Waals surface area contributed by atoms with Crippen LogP contribution in [0.15, 0.2) is 5.10 Å². The first-order chi connectivity index (χ1) is 7.31. The van der Waals surface area contributed by atoms with Crippen LogP contribution in [-0.4, -0.2) is 23.8 Å². The zero-order valence-corrected chi connectivity index (χ0v) is 9.54. The summed E-state index contributed by atoms with van der Waals surface area (Å²) in [6.45, 7) is 2.33. The fraction of sp³-hybridized carbons (Fsp3) is 0.818. The van der Waals surface area contributed by atoms with E-state index in [1.807, 2.05) is 0 Å². The first kappa shape index (κ1) is 14.1. The normalized spacial score (nSPS) is 10.8. The van der Waals surface area contributed by atoms with Crippen LogP contribution >= 0.6 is 0 Å². The zero-order chi connectivity index (χ0) is 11.4. The molecule has 0 rings (SSSR count). The third-order valence-electron chi connectivity index (χ3n) is 2.03. The summed E-state index contributed by atoms with van der Waals surface area (Å²) in [6.07, 6.45) is 7.89. The maximum absolute atomic E-state index is 11.1. The van der Waals surface area contributed by atoms with Gasteiger partial charge >= 0.3 is 0 Å². The van der Waals surface area contributed by atoms with Gasteiger partial charge in [-0.3, -0.25) is 4.79 Å². The van der Waals surface area contributed by atoms with E-state index < -0.39 is 0 Å². The number of aliphatic hydroxyl groups excluding tert-OH is 1. The number of rotatable bonds is 9. The number of unbranched alkanes of at least 4 members (excludes halogenated alkanes) is 4. The van der Waals surface area contributed by atoms with Crippen molar-refractivity contribution in [3.63, 3.8) is 0 Å². The monoisotopic (exact) mass is 214 g/mol. The number of nitrogens with zero attached hydrogens (tertiary/aromatic N) is 1. The molecule has 1 amide bonds. The van der Waals surface area contributed by atoms with E-state index in [4.69, 9.17) is 5.11 Å². The van der Waals surface area contributed by atoms with Crippen LogP contribution in [0, 0.1) is 0 Å². The van der Waals surface area contributed by atoms with E-state index >= 15 is 0 Å². The Bertz CT molecular complexity index is 181. The molecule has 15 heavy (non-hydrogen) atoms. The van der Waals surface area contributed by atoms with E-state index in [9.17, 15) is 4.79 Å². The number of hydrogen-bond acceptors (Lipinski definition) is 3. The second-order valence-electron chi connectivity index (χ2n) is 3.52. The van der Waals surface area contributed by atoms with Gasteiger partial charge in [-0.25, -0.2) is 5.43 Å². The summed E-state index contributed by atoms with van der Waals surface area (Å²) in [6, 6.07) is 0. The summed E-state index contributed by atoms with van der Waals surface area (Å²) in [4.78, 5) is 11.1. The molecule has 2 N–H and O–H groups in total. The van der Waals surface area contributed by atoms with Gasteiger partial charge in [0.2, 0.25) is 5.91 Å². The Balaban J connectivity index is 3.28. The maximum atomic E-state index is 11.1. The molecular formula is C11H22N2O2. The highest BCUT2D eigenvalue weighted by molar-refractivity contribution is 5.76. The summed E-state index contributed by atoms with van der Waals surface area (Å²) in [5.74, 6) is -0.0122. The fourth-order valence-electron chi connectivity index (χ4n) is 1.12. The average Bonchev–Trinajstić information content (AvgIpc) is 2.23. The van der Waals surface area contributed by atoms with E-state index in [2.05, 4.69) is 17.5 Å². The number of hydrazone groups is 1. The lowest BCUT2D eigenvalue weighted by atomic mass is 10.2. The first-order valence-electron chi connectivity index (χ1n) is 5.72. The van der Waals surface area contributed by atoms with Gasteiger partial charge in [-0.15, -0.1) is 0 Å². The predicted molar refractivity (Wildman–Crippen MR) is 61.7 cm³/mol. The highest BCUT2D eigenvalue weighted by Gasteiger charge is 1.97. The molecule has 0 aromatic rings. The van der Waals surface area contributed by atoms with Crippen LogP contribution < -0.4 is 5.43 Å². The number of amides is 1. The number of carbonyl (C=O) groups is 1. The van der Waals surface area contributed by atoms with Gasteiger partial charge in [0.25, 0.3) is 0 Å². The van der Waals surface area contributed by atoms with Crippen molar-refractivity contribution in [3.8, 4) is 0 Å². The molecule has 0 spiro atoms. The van der Waals surface area contributed by atoms with Crippen molar-refractivity contribution in [2.75, 3.05) is 6.61 Å². The highest BCUT2D eigenvalue weighted by Crippen LogP contribution is 1.98. The summed E-state index contributed by atoms with van der Waals surface area (Å²) in [5, 5.41) is 12.3. The quantitative estimate of drug-likeness (QED) is 0.349. The van der Waals surface area contributed by atoms with Crippen molar-refractivity contribution >= 4 is 12.1 Å². The van der Waals surface area contributed by atoms with E-state index in [1.165, 1.54) is 0 Å². The minimum absolute atomic E-state index is 0.0122. The summed E-state index contributed by atoms with van der Waals surface area (Å²) < 4.78 is 0. The average molecular weight is 214 g/mol. The first-order valence-corrected chi connectivity index (χ1v) is 5.72. The molecule has 88 valence electrons. The van der Waals surface area contributed by atoms with Gasteiger partial charge in [0.15, 0.2) is 0 Å². The van der Waals surface area contributed by atoms with E-state index in [-0.39, 0.29) is 12.5 Å². The lowest BCUT2D eigenvalue weighted by Gasteiger charge is -1.98. The molecule has 0 radical (unpaired) electrons. The Morgan fingerprint density at radius 2 is 2.13 bits per heavy atom. The highest BCUT2D eigenvalue weighted by atomic mass is 16.2. The van der Waals surface area contributed by atoms with Crippen molar-refractivity contribution < 1.29 is 9.90 Å². The molecule has 0 atom stereocenters. The summed E-state index contributed by atoms with van der Waals surface area (Å²) in [5.41, 5.74) is 2.49. The second kappa shape index (κ2) is 11.2. The van der Waals surface area contributed by atoms with Crippen molar-refractivity contribution in [2.24, 2.45) is 5.10 Å². The molecule has 0 heterocycles. The third kappa shape index (κ3) is 11.0. The van der Waals surface area contributed by atoms with Crippen LogP contribution in [0.1, 0.15) is 51.9 Å². The molecule has 0 unspecified atom stereocenters. The molecule has 0 saturated carbocycles. The van der Waals surface area contributed by atoms with Crippen molar-refractivity contribution in [2.45, 2.75) is 51.9 Å². The Morgan fingerprint density at radius 1 is 1.33 bits per heavy atom. The van der Waals surface area contributed by atoms with Gasteiger partial charge in [-0.05, 0) is 25.7 Å². The summed E-state index contributed by atoms with van der Waals surface area (Å²) >= 11 is 0. The number of aliphatic hydroxyl groups is 1. The molecule has 0 aromatic heterocycles. The summed E-state index contributed by atoms with van der Waals surface area (Å²) in [7, 11) is 0. The SMILES string of the molecule is CCCCCC(=O)N/N=C\CCCCO. The van der Waals surface area contributed by atoms with Gasteiger partial charge in [0.1, 0.15) is 0 Å². The number of hydrogen-bond donors (Lipinski definition) is 2. The Hall–Kier alpha value is -0.900. The van der Waals surface area contributed by atoms with Crippen LogP contribution in [0.25, 0.3) is 0 Å². The second-order valence-corrected chi connectivity index (χ2v) is 3.52.